The van der Waals surface area contributed by atoms with Crippen molar-refractivity contribution in [1.82, 2.24) is 5.43 Å². The maximum Gasteiger partial charge on any atom is 0.264 e. The van der Waals surface area contributed by atoms with Gasteiger partial charge in [-0.15, -0.1) is 0 Å². The summed E-state index contributed by atoms with van der Waals surface area (Å²) in [5.74, 6) is 0.817. The first-order valence-corrected chi connectivity index (χ1v) is 13.0. The summed E-state index contributed by atoms with van der Waals surface area (Å²) in [6, 6.07) is 18.4. The van der Waals surface area contributed by atoms with Crippen LogP contribution in [0.2, 0.25) is 0 Å². The molecule has 37 heavy (non-hydrogen) atoms. The predicted octanol–water partition coefficient (Wildman–Crippen LogP) is 4.15. The van der Waals surface area contributed by atoms with E-state index in [1.165, 1.54) is 32.4 Å². The van der Waals surface area contributed by atoms with Crippen LogP contribution in [0.3, 0.4) is 0 Å². The Balaban J connectivity index is 1.91. The van der Waals surface area contributed by atoms with Crippen molar-refractivity contribution in [3.63, 3.8) is 0 Å². The van der Waals surface area contributed by atoms with Crippen LogP contribution in [0, 0.1) is 6.92 Å². The van der Waals surface area contributed by atoms with Gasteiger partial charge in [-0.3, -0.25) is 9.10 Å². The number of sulfonamides is 1. The minimum Gasteiger partial charge on any atom is -0.497 e. The molecule has 0 fully saturated rings. The van der Waals surface area contributed by atoms with Crippen molar-refractivity contribution < 1.29 is 27.4 Å². The fraction of sp³-hybridized carbons (Fsp3) is 0.259. The second kappa shape index (κ2) is 12.3. The maximum absolute atomic E-state index is 13.7. The third kappa shape index (κ3) is 6.79. The largest absolute Gasteiger partial charge is 0.497 e. The van der Waals surface area contributed by atoms with Gasteiger partial charge in [-0.25, -0.2) is 13.8 Å². The summed E-state index contributed by atoms with van der Waals surface area (Å²) in [6.45, 7) is 5.53. The Bertz CT molecular complexity index is 1350. The quantitative estimate of drug-likeness (QED) is 0.298. The molecule has 10 heteroatoms. The van der Waals surface area contributed by atoms with Gasteiger partial charge in [-0.2, -0.15) is 5.10 Å². The summed E-state index contributed by atoms with van der Waals surface area (Å²) < 4.78 is 44.4. The lowest BCUT2D eigenvalue weighted by molar-refractivity contribution is -0.119. The first kappa shape index (κ1) is 27.5. The van der Waals surface area contributed by atoms with Crippen LogP contribution in [-0.2, 0) is 14.8 Å². The number of carbonyl (C=O) groups is 1. The molecule has 0 atom stereocenters. The molecule has 0 aliphatic rings. The van der Waals surface area contributed by atoms with Crippen LogP contribution in [0.1, 0.15) is 25.0 Å². The van der Waals surface area contributed by atoms with Gasteiger partial charge < -0.3 is 14.2 Å². The minimum atomic E-state index is -4.13. The molecule has 0 aliphatic carbocycles. The highest BCUT2D eigenvalue weighted by Crippen LogP contribution is 2.35. The summed E-state index contributed by atoms with van der Waals surface area (Å²) in [6.07, 6.45) is 0. The molecule has 0 saturated heterocycles. The molecule has 1 amide bonds. The van der Waals surface area contributed by atoms with E-state index in [2.05, 4.69) is 10.5 Å². The highest BCUT2D eigenvalue weighted by molar-refractivity contribution is 7.92. The van der Waals surface area contributed by atoms with E-state index in [9.17, 15) is 13.2 Å². The number of hydrogen-bond donors (Lipinski definition) is 1. The van der Waals surface area contributed by atoms with Crippen LogP contribution in [0.25, 0.3) is 0 Å². The van der Waals surface area contributed by atoms with Crippen LogP contribution in [0.4, 0.5) is 5.69 Å². The van der Waals surface area contributed by atoms with Crippen LogP contribution >= 0.6 is 0 Å². The number of methoxy groups -OCH3 is 2. The van der Waals surface area contributed by atoms with E-state index in [-0.39, 0.29) is 16.3 Å². The van der Waals surface area contributed by atoms with E-state index in [4.69, 9.17) is 14.2 Å². The van der Waals surface area contributed by atoms with Crippen molar-refractivity contribution in [2.45, 2.75) is 25.7 Å². The summed E-state index contributed by atoms with van der Waals surface area (Å²) in [5.41, 5.74) is 4.88. The summed E-state index contributed by atoms with van der Waals surface area (Å²) in [5, 5.41) is 4.16. The predicted molar refractivity (Wildman–Crippen MR) is 143 cm³/mol. The number of aryl methyl sites for hydroxylation is 1. The monoisotopic (exact) mass is 525 g/mol. The molecule has 0 radical (unpaired) electrons. The van der Waals surface area contributed by atoms with Crippen molar-refractivity contribution in [2.24, 2.45) is 5.10 Å². The van der Waals surface area contributed by atoms with Gasteiger partial charge in [0.05, 0.1) is 37.1 Å². The van der Waals surface area contributed by atoms with Gasteiger partial charge >= 0.3 is 0 Å². The van der Waals surface area contributed by atoms with E-state index >= 15 is 0 Å². The maximum atomic E-state index is 13.7. The fourth-order valence-electron chi connectivity index (χ4n) is 3.46. The number of ether oxygens (including phenoxy) is 3. The average molecular weight is 526 g/mol. The Morgan fingerprint density at radius 1 is 0.946 bits per heavy atom. The molecule has 9 nitrogen and oxygen atoms in total. The first-order chi connectivity index (χ1) is 17.7. The first-order valence-electron chi connectivity index (χ1n) is 11.6. The van der Waals surface area contributed by atoms with Crippen molar-refractivity contribution >= 4 is 27.3 Å². The van der Waals surface area contributed by atoms with Crippen molar-refractivity contribution in [3.8, 4) is 17.2 Å². The molecule has 3 aromatic rings. The third-order valence-electron chi connectivity index (χ3n) is 5.48. The van der Waals surface area contributed by atoms with E-state index < -0.39 is 22.5 Å². The van der Waals surface area contributed by atoms with Crippen molar-refractivity contribution in [2.75, 3.05) is 31.7 Å². The molecular formula is C27H31N3O6S. The van der Waals surface area contributed by atoms with Gasteiger partial charge in [0.25, 0.3) is 15.9 Å². The lowest BCUT2D eigenvalue weighted by atomic mass is 10.1. The molecule has 3 aromatic carbocycles. The highest BCUT2D eigenvalue weighted by atomic mass is 32.2. The molecule has 0 aliphatic heterocycles. The van der Waals surface area contributed by atoms with E-state index in [0.29, 0.717) is 18.1 Å². The second-order valence-corrected chi connectivity index (χ2v) is 9.91. The van der Waals surface area contributed by atoms with Crippen LogP contribution in [0.5, 0.6) is 17.2 Å². The Morgan fingerprint density at radius 2 is 1.59 bits per heavy atom. The van der Waals surface area contributed by atoms with Crippen LogP contribution in [0.15, 0.2) is 76.7 Å². The van der Waals surface area contributed by atoms with Crippen LogP contribution in [-0.4, -0.2) is 47.4 Å². The third-order valence-corrected chi connectivity index (χ3v) is 7.26. The number of carbonyl (C=O) groups excluding carboxylic acids is 1. The highest BCUT2D eigenvalue weighted by Gasteiger charge is 2.29. The van der Waals surface area contributed by atoms with E-state index in [1.807, 2.05) is 38.1 Å². The van der Waals surface area contributed by atoms with Gasteiger partial charge in [0.15, 0.2) is 0 Å². The summed E-state index contributed by atoms with van der Waals surface area (Å²) in [7, 11) is -1.22. The standard InChI is InChI=1S/C27H31N3O6S/c1-6-36-22-11-9-21(10-12-22)20(3)28-29-27(31)18-30(25-16-13-23(34-4)17-26(25)35-5)37(32,33)24-14-7-19(2)8-15-24/h7-17H,6,18H2,1-5H3,(H,29,31)/b28-20-. The number of hydrazone groups is 1. The number of nitrogens with zero attached hydrogens (tertiary/aromatic N) is 2. The fourth-order valence-corrected chi connectivity index (χ4v) is 4.90. The molecular weight excluding hydrogens is 494 g/mol. The molecule has 3 rings (SSSR count). The van der Waals surface area contributed by atoms with Crippen molar-refractivity contribution in [3.05, 3.63) is 77.9 Å². The van der Waals surface area contributed by atoms with E-state index in [1.54, 1.807) is 31.2 Å². The lowest BCUT2D eigenvalue weighted by Gasteiger charge is -2.25. The Labute approximate surface area is 217 Å². The topological polar surface area (TPSA) is 107 Å². The van der Waals surface area contributed by atoms with Gasteiger partial charge in [-0.1, -0.05) is 17.7 Å². The zero-order valence-electron chi connectivity index (χ0n) is 21.5. The molecule has 0 heterocycles. The number of anilines is 1. The van der Waals surface area contributed by atoms with Gasteiger partial charge in [-0.05, 0) is 74.9 Å². The zero-order valence-corrected chi connectivity index (χ0v) is 22.3. The number of amides is 1. The summed E-state index contributed by atoms with van der Waals surface area (Å²) >= 11 is 0. The van der Waals surface area contributed by atoms with E-state index in [0.717, 1.165) is 21.2 Å². The smallest absolute Gasteiger partial charge is 0.264 e. The lowest BCUT2D eigenvalue weighted by Crippen LogP contribution is -2.40. The molecule has 0 aromatic heterocycles. The Kier molecular flexibility index (Phi) is 9.13. The Morgan fingerprint density at radius 3 is 2.19 bits per heavy atom. The normalized spacial score (nSPS) is 11.5. The van der Waals surface area contributed by atoms with Crippen LogP contribution < -0.4 is 23.9 Å². The number of nitrogens with one attached hydrogen (secondary N) is 1. The molecule has 0 unspecified atom stereocenters. The molecule has 196 valence electrons. The zero-order chi connectivity index (χ0) is 27.0. The molecule has 0 saturated carbocycles. The number of hydrogen-bond acceptors (Lipinski definition) is 7. The van der Waals surface area contributed by atoms with Crippen molar-refractivity contribution in [1.29, 1.82) is 0 Å². The molecule has 0 bridgehead atoms. The number of benzene rings is 3. The summed E-state index contributed by atoms with van der Waals surface area (Å²) in [4.78, 5) is 13.0. The molecule has 0 spiro atoms. The minimum absolute atomic E-state index is 0.0397. The molecule has 1 N–H and O–H groups in total. The van der Waals surface area contributed by atoms with Gasteiger partial charge in [0.1, 0.15) is 23.8 Å². The SMILES string of the molecule is CCOc1ccc(/C(C)=N\NC(=O)CN(c2ccc(OC)cc2OC)S(=O)(=O)c2ccc(C)cc2)cc1. The van der Waals surface area contributed by atoms with Gasteiger partial charge in [0.2, 0.25) is 0 Å². The Hall–Kier alpha value is -4.05. The second-order valence-electron chi connectivity index (χ2n) is 8.05. The number of rotatable bonds is 11. The average Bonchev–Trinajstić information content (AvgIpc) is 2.90. The van der Waals surface area contributed by atoms with Gasteiger partial charge in [0, 0.05) is 6.07 Å².